The quantitative estimate of drug-likeness (QED) is 0.0593. The van der Waals surface area contributed by atoms with E-state index in [9.17, 15) is 37.5 Å². The Hall–Kier alpha value is -11.6. The average Bonchev–Trinajstić information content (AvgIpc) is 1.61. The molecule has 5 aliphatic rings. The molecular formula is C84H75Cl2F2N13O8. The van der Waals surface area contributed by atoms with Crippen molar-refractivity contribution in [3.63, 3.8) is 0 Å². The highest BCUT2D eigenvalue weighted by Crippen LogP contribution is 2.48. The lowest BCUT2D eigenvalue weighted by atomic mass is 9.95. The molecule has 0 aliphatic carbocycles. The van der Waals surface area contributed by atoms with E-state index in [2.05, 4.69) is 45.4 Å². The predicted octanol–water partition coefficient (Wildman–Crippen LogP) is 16.5. The standard InChI is InChI=1S/C42H35ClFN7O4.C42H40ClFN6O4/c43-22-28-24-51(41(53)36-20-27-18-30(6-8-34(27)48-36)46-40(52)35-19-26-17-29(44)5-7-33(26)47-35)37-21-38(31-3-1-2-4-32(31)39(28)37)55-42(54)50-15-13-49(14-16-50)23-25-9-11-45-12-10-25;43-23-27-24-50(41(52)36-21-26-19-29(9-11-34(26)47-36)45-40(51)35-20-25-18-28(44)8-10-33(25)46-35)37-22-38(31-6-2-3-7-32(31)39(27)37)54-42(53)49-16-12-30(13-17-49)48-14-4-1-5-15-48/h1-12,17-21,28,47-48H,13-16,22-24H2,(H,46,52);2-3,6-11,18-22,27,30,46-47H,1,4-5,12-17,23-24H2,(H,45,51). The lowest BCUT2D eigenvalue weighted by Crippen LogP contribution is -2.49. The summed E-state index contributed by atoms with van der Waals surface area (Å²) in [6.45, 7) is 7.58. The number of pyridine rings is 1. The first-order chi connectivity index (χ1) is 53.1. The van der Waals surface area contributed by atoms with Gasteiger partial charge in [0.05, 0.1) is 11.4 Å². The molecule has 0 saturated carbocycles. The smallest absolute Gasteiger partial charge is 0.409 e. The van der Waals surface area contributed by atoms with Gasteiger partial charge < -0.3 is 64.5 Å². The first kappa shape index (κ1) is 70.4. The summed E-state index contributed by atoms with van der Waals surface area (Å²) in [5, 5.41) is 11.8. The predicted molar refractivity (Wildman–Crippen MR) is 420 cm³/mol. The van der Waals surface area contributed by atoms with Crippen LogP contribution >= 0.6 is 23.2 Å². The number of hydrogen-bond acceptors (Lipinski definition) is 11. The number of piperidine rings is 2. The number of benzene rings is 8. The Balaban J connectivity index is 0.000000159. The molecule has 2 unspecified atom stereocenters. The van der Waals surface area contributed by atoms with Crippen LogP contribution in [0.1, 0.15) is 103 Å². The van der Waals surface area contributed by atoms with E-state index >= 15 is 0 Å². The van der Waals surface area contributed by atoms with Gasteiger partial charge in [-0.05, 0) is 175 Å². The molecular weight excluding hydrogens is 1430 g/mol. The number of hydrogen-bond donors (Lipinski definition) is 6. The molecule has 10 heterocycles. The number of fused-ring (bicyclic) bond motifs is 10. The van der Waals surface area contributed by atoms with Crippen LogP contribution in [0.3, 0.4) is 0 Å². The lowest BCUT2D eigenvalue weighted by molar-refractivity contribution is 0.0879. The maximum Gasteiger partial charge on any atom is 0.415 e. The average molecular weight is 1500 g/mol. The Labute approximate surface area is 634 Å². The van der Waals surface area contributed by atoms with Crippen LogP contribution in [0.4, 0.5) is 41.1 Å². The molecule has 0 radical (unpaired) electrons. The van der Waals surface area contributed by atoms with Crippen LogP contribution in [0, 0.1) is 11.6 Å². The number of aromatic nitrogens is 5. The zero-order valence-electron chi connectivity index (χ0n) is 59.2. The third-order valence-corrected chi connectivity index (χ3v) is 22.5. The van der Waals surface area contributed by atoms with Crippen molar-refractivity contribution >= 4 is 147 Å². The van der Waals surface area contributed by atoms with E-state index in [0.29, 0.717) is 155 Å². The summed E-state index contributed by atoms with van der Waals surface area (Å²) >= 11 is 13.1. The normalized spacial score (nSPS) is 17.0. The Kier molecular flexibility index (Phi) is 19.3. The molecule has 5 aromatic heterocycles. The van der Waals surface area contributed by atoms with Crippen molar-refractivity contribution in [3.05, 3.63) is 233 Å². The van der Waals surface area contributed by atoms with Gasteiger partial charge in [-0.1, -0.05) is 55.0 Å². The molecule has 0 bridgehead atoms. The first-order valence-corrected chi connectivity index (χ1v) is 37.8. The number of rotatable bonds is 13. The highest BCUT2D eigenvalue weighted by atomic mass is 35.5. The van der Waals surface area contributed by atoms with E-state index in [-0.39, 0.29) is 53.2 Å². The van der Waals surface area contributed by atoms with Gasteiger partial charge in [-0.2, -0.15) is 0 Å². The summed E-state index contributed by atoms with van der Waals surface area (Å²) in [7, 11) is 0. The van der Waals surface area contributed by atoms with Gasteiger partial charge in [0, 0.05) is 179 Å². The molecule has 5 aliphatic heterocycles. The third kappa shape index (κ3) is 14.1. The molecule has 0 spiro atoms. The molecule has 109 heavy (non-hydrogen) atoms. The highest BCUT2D eigenvalue weighted by Gasteiger charge is 2.39. The van der Waals surface area contributed by atoms with E-state index in [0.717, 1.165) is 81.4 Å². The van der Waals surface area contributed by atoms with Crippen LogP contribution in [0.25, 0.3) is 65.2 Å². The number of anilines is 4. The zero-order valence-corrected chi connectivity index (χ0v) is 60.7. The number of piperazine rings is 1. The Morgan fingerprint density at radius 2 is 0.881 bits per heavy atom. The van der Waals surface area contributed by atoms with Crippen molar-refractivity contribution < 1.29 is 47.0 Å². The van der Waals surface area contributed by atoms with E-state index in [1.807, 2.05) is 72.8 Å². The van der Waals surface area contributed by atoms with Gasteiger partial charge in [-0.25, -0.2) is 18.4 Å². The van der Waals surface area contributed by atoms with E-state index < -0.39 is 6.09 Å². The van der Waals surface area contributed by atoms with Gasteiger partial charge in [0.2, 0.25) is 0 Å². The van der Waals surface area contributed by atoms with Crippen molar-refractivity contribution in [2.24, 2.45) is 0 Å². The maximum atomic E-state index is 14.3. The number of nitrogens with one attached hydrogen (secondary N) is 6. The lowest BCUT2D eigenvalue weighted by Gasteiger charge is -2.39. The molecule has 6 N–H and O–H groups in total. The fourth-order valence-corrected chi connectivity index (χ4v) is 16.8. The van der Waals surface area contributed by atoms with Crippen LogP contribution in [0.5, 0.6) is 11.5 Å². The number of carbonyl (C=O) groups is 6. The summed E-state index contributed by atoms with van der Waals surface area (Å²) in [5.41, 5.74) is 9.52. The number of H-pyrrole nitrogens is 4. The molecule has 552 valence electrons. The molecule has 2 atom stereocenters. The van der Waals surface area contributed by atoms with Gasteiger partial charge in [-0.15, -0.1) is 23.2 Å². The number of amides is 6. The number of alkyl halides is 2. The highest BCUT2D eigenvalue weighted by molar-refractivity contribution is 6.20. The van der Waals surface area contributed by atoms with Crippen LogP contribution < -0.4 is 29.9 Å². The van der Waals surface area contributed by atoms with Crippen molar-refractivity contribution in [1.82, 2.24) is 44.5 Å². The molecule has 21 nitrogen and oxygen atoms in total. The van der Waals surface area contributed by atoms with Crippen molar-refractivity contribution in [1.29, 1.82) is 0 Å². The fourth-order valence-electron chi connectivity index (χ4n) is 16.3. The second-order valence-electron chi connectivity index (χ2n) is 28.6. The number of halogens is 4. The zero-order chi connectivity index (χ0) is 74.6. The number of ether oxygens (including phenoxy) is 2. The maximum absolute atomic E-state index is 14.3. The van der Waals surface area contributed by atoms with Gasteiger partial charge in [-0.3, -0.25) is 29.1 Å². The van der Waals surface area contributed by atoms with E-state index in [4.69, 9.17) is 32.7 Å². The molecule has 3 fully saturated rings. The molecule has 3 saturated heterocycles. The molecule has 13 aromatic rings. The summed E-state index contributed by atoms with van der Waals surface area (Å²) in [4.78, 5) is 110. The number of aromatic amines is 4. The van der Waals surface area contributed by atoms with E-state index in [1.54, 1.807) is 105 Å². The van der Waals surface area contributed by atoms with Crippen LogP contribution in [-0.2, 0) is 6.54 Å². The minimum absolute atomic E-state index is 0.124. The van der Waals surface area contributed by atoms with Crippen molar-refractivity contribution in [2.45, 2.75) is 56.5 Å². The van der Waals surface area contributed by atoms with Crippen molar-refractivity contribution in [2.75, 3.05) is 97.6 Å². The Morgan fingerprint density at radius 1 is 0.459 bits per heavy atom. The van der Waals surface area contributed by atoms with Gasteiger partial charge in [0.15, 0.2) is 0 Å². The summed E-state index contributed by atoms with van der Waals surface area (Å²) < 4.78 is 39.7. The molecule has 25 heteroatoms. The largest absolute Gasteiger partial charge is 0.415 e. The fraction of sp³-hybridized carbons (Fsp3) is 0.250. The topological polar surface area (TPSA) is 240 Å². The Morgan fingerprint density at radius 3 is 1.35 bits per heavy atom. The SMILES string of the molecule is O=C(Nc1ccc2[nH]c(C(=O)N3CC(CCl)c4c3cc(OC(=O)N3CCC(N5CCCCC5)CC3)c3ccccc43)cc2c1)c1cc2cc(F)ccc2[nH]1.O=C(Nc1ccc2[nH]c(C(=O)N3CC(CCl)c4c3cc(OC(=O)N3CCN(Cc5ccncc5)CC3)c3ccccc43)cc2c1)c1cc2cc(F)ccc2[nH]1. The molecule has 18 rings (SSSR count). The van der Waals surface area contributed by atoms with Crippen LogP contribution in [-0.4, -0.2) is 164 Å². The number of carbonyl (C=O) groups excluding carboxylic acids is 6. The summed E-state index contributed by atoms with van der Waals surface area (Å²) in [6, 6.07) is 49.7. The third-order valence-electron chi connectivity index (χ3n) is 21.8. The van der Waals surface area contributed by atoms with Crippen molar-refractivity contribution in [3.8, 4) is 11.5 Å². The van der Waals surface area contributed by atoms with Gasteiger partial charge in [0.1, 0.15) is 45.9 Å². The number of likely N-dealkylation sites (tertiary alicyclic amines) is 2. The molecule has 8 aromatic carbocycles. The minimum Gasteiger partial charge on any atom is -0.409 e. The summed E-state index contributed by atoms with van der Waals surface area (Å²) in [6.07, 6.45) is 8.42. The minimum atomic E-state index is -0.435. The monoisotopic (exact) mass is 1500 g/mol. The second-order valence-corrected chi connectivity index (χ2v) is 29.2. The first-order valence-electron chi connectivity index (χ1n) is 36.7. The van der Waals surface area contributed by atoms with E-state index in [1.165, 1.54) is 49.1 Å². The number of nitrogens with zero attached hydrogens (tertiary/aromatic N) is 7. The molecule has 6 amide bonds. The summed E-state index contributed by atoms with van der Waals surface area (Å²) in [5.74, 6) is -0.885. The van der Waals surface area contributed by atoms with Crippen LogP contribution in [0.2, 0.25) is 0 Å². The van der Waals surface area contributed by atoms with Gasteiger partial charge >= 0.3 is 12.2 Å². The second kappa shape index (κ2) is 29.8. The Bertz CT molecular complexity index is 5740. The van der Waals surface area contributed by atoms with Crippen LogP contribution in [0.15, 0.2) is 182 Å². The van der Waals surface area contributed by atoms with Gasteiger partial charge in [0.25, 0.3) is 23.6 Å².